The molecule has 0 spiro atoms. The van der Waals surface area contributed by atoms with Crippen LogP contribution in [0, 0.1) is 6.92 Å². The lowest BCUT2D eigenvalue weighted by molar-refractivity contribution is 0.589. The van der Waals surface area contributed by atoms with Crippen molar-refractivity contribution in [1.29, 1.82) is 0 Å². The van der Waals surface area contributed by atoms with Crippen LogP contribution >= 0.6 is 0 Å². The topological polar surface area (TPSA) is 39.1 Å². The predicted molar refractivity (Wildman–Crippen MR) is 96.8 cm³/mol. The Morgan fingerprint density at radius 2 is 1.83 bits per heavy atom. The second-order valence-electron chi connectivity index (χ2n) is 6.36. The summed E-state index contributed by atoms with van der Waals surface area (Å²) in [5.41, 5.74) is 3.02. The molecule has 2 aromatic carbocycles. The fourth-order valence-corrected chi connectivity index (χ4v) is 4.66. The van der Waals surface area contributed by atoms with Crippen LogP contribution in [-0.2, 0) is 10.0 Å². The van der Waals surface area contributed by atoms with Crippen LogP contribution in [0.2, 0.25) is 0 Å². The standard InChI is InChI=1S/C20H19NO2S/c1-15-6-9-19(10-7-15)24(22,23)21-13-12-18-14-17(8-11-20(18)21)16-4-2-3-5-16/h2,4,6-14,16H,3,5H2,1H3. The summed E-state index contributed by atoms with van der Waals surface area (Å²) in [5.74, 6) is 0.450. The fraction of sp³-hybridized carbons (Fsp3) is 0.200. The zero-order valence-corrected chi connectivity index (χ0v) is 14.3. The summed E-state index contributed by atoms with van der Waals surface area (Å²) in [6.07, 6.45) is 8.34. The minimum atomic E-state index is -3.57. The van der Waals surface area contributed by atoms with Gasteiger partial charge in [-0.25, -0.2) is 12.4 Å². The Morgan fingerprint density at radius 3 is 2.54 bits per heavy atom. The third kappa shape index (κ3) is 2.47. The Kier molecular flexibility index (Phi) is 3.57. The van der Waals surface area contributed by atoms with Crippen LogP contribution in [-0.4, -0.2) is 12.4 Å². The van der Waals surface area contributed by atoms with Gasteiger partial charge in [-0.15, -0.1) is 0 Å². The van der Waals surface area contributed by atoms with Crippen molar-refractivity contribution < 1.29 is 8.42 Å². The second kappa shape index (κ2) is 5.64. The molecule has 0 N–H and O–H groups in total. The van der Waals surface area contributed by atoms with E-state index in [0.29, 0.717) is 10.8 Å². The summed E-state index contributed by atoms with van der Waals surface area (Å²) in [6.45, 7) is 1.94. The van der Waals surface area contributed by atoms with Crippen LogP contribution in [0.5, 0.6) is 0 Å². The number of benzene rings is 2. The van der Waals surface area contributed by atoms with Crippen molar-refractivity contribution in [2.24, 2.45) is 0 Å². The molecule has 3 aromatic rings. The SMILES string of the molecule is Cc1ccc(S(=O)(=O)n2ccc3cc(C4C=CCC4)ccc32)cc1. The summed E-state index contributed by atoms with van der Waals surface area (Å²) in [6, 6.07) is 14.9. The first kappa shape index (κ1) is 15.2. The average molecular weight is 337 g/mol. The molecule has 0 radical (unpaired) electrons. The monoisotopic (exact) mass is 337 g/mol. The minimum absolute atomic E-state index is 0.313. The van der Waals surface area contributed by atoms with E-state index in [2.05, 4.69) is 18.2 Å². The molecular formula is C20H19NO2S. The van der Waals surface area contributed by atoms with Gasteiger partial charge in [-0.3, -0.25) is 0 Å². The van der Waals surface area contributed by atoms with E-state index in [1.807, 2.05) is 37.3 Å². The van der Waals surface area contributed by atoms with E-state index >= 15 is 0 Å². The van der Waals surface area contributed by atoms with Gasteiger partial charge >= 0.3 is 0 Å². The van der Waals surface area contributed by atoms with Gasteiger partial charge in [0.1, 0.15) is 0 Å². The molecule has 1 aromatic heterocycles. The zero-order valence-electron chi connectivity index (χ0n) is 13.5. The first-order valence-electron chi connectivity index (χ1n) is 8.16. The molecule has 0 bridgehead atoms. The Balaban J connectivity index is 1.79. The van der Waals surface area contributed by atoms with Gasteiger partial charge in [0.2, 0.25) is 0 Å². The van der Waals surface area contributed by atoms with Crippen LogP contribution in [0.1, 0.15) is 29.9 Å². The van der Waals surface area contributed by atoms with E-state index in [0.717, 1.165) is 29.3 Å². The predicted octanol–water partition coefficient (Wildman–Crippen LogP) is 4.62. The van der Waals surface area contributed by atoms with Crippen LogP contribution in [0.3, 0.4) is 0 Å². The van der Waals surface area contributed by atoms with Crippen molar-refractivity contribution in [1.82, 2.24) is 3.97 Å². The quantitative estimate of drug-likeness (QED) is 0.654. The molecule has 3 nitrogen and oxygen atoms in total. The van der Waals surface area contributed by atoms with Crippen molar-refractivity contribution >= 4 is 20.9 Å². The number of aryl methyl sites for hydroxylation is 1. The number of nitrogens with zero attached hydrogens (tertiary/aromatic N) is 1. The molecule has 0 aliphatic heterocycles. The lowest BCUT2D eigenvalue weighted by Gasteiger charge is -2.10. The number of aromatic nitrogens is 1. The molecule has 0 amide bonds. The molecule has 4 heteroatoms. The molecule has 1 aliphatic carbocycles. The van der Waals surface area contributed by atoms with Crippen LogP contribution in [0.4, 0.5) is 0 Å². The highest BCUT2D eigenvalue weighted by molar-refractivity contribution is 7.90. The average Bonchev–Trinajstić information content (AvgIpc) is 3.24. The van der Waals surface area contributed by atoms with Crippen LogP contribution in [0.15, 0.2) is 71.8 Å². The third-order valence-corrected chi connectivity index (χ3v) is 6.40. The molecule has 122 valence electrons. The number of hydrogen-bond acceptors (Lipinski definition) is 2. The molecular weight excluding hydrogens is 318 g/mol. The largest absolute Gasteiger partial charge is 0.268 e. The van der Waals surface area contributed by atoms with Crippen LogP contribution in [0.25, 0.3) is 10.9 Å². The number of hydrogen-bond donors (Lipinski definition) is 0. The highest BCUT2D eigenvalue weighted by Gasteiger charge is 2.19. The van der Waals surface area contributed by atoms with Gasteiger partial charge in [0, 0.05) is 17.5 Å². The van der Waals surface area contributed by atoms with E-state index in [9.17, 15) is 8.42 Å². The van der Waals surface area contributed by atoms with E-state index in [1.165, 1.54) is 9.54 Å². The molecule has 1 atom stereocenters. The van der Waals surface area contributed by atoms with Gasteiger partial charge < -0.3 is 0 Å². The summed E-state index contributed by atoms with van der Waals surface area (Å²) >= 11 is 0. The Hall–Kier alpha value is -2.33. The van der Waals surface area contributed by atoms with E-state index in [1.54, 1.807) is 18.3 Å². The van der Waals surface area contributed by atoms with Gasteiger partial charge in [-0.05, 0) is 55.7 Å². The van der Waals surface area contributed by atoms with Crippen molar-refractivity contribution in [3.05, 3.63) is 78.0 Å². The molecule has 0 fully saturated rings. The minimum Gasteiger partial charge on any atom is -0.241 e. The molecule has 1 aliphatic rings. The van der Waals surface area contributed by atoms with Crippen molar-refractivity contribution in [2.45, 2.75) is 30.6 Å². The molecule has 1 heterocycles. The summed E-state index contributed by atoms with van der Waals surface area (Å²) in [5, 5.41) is 0.962. The molecule has 4 rings (SSSR count). The normalized spacial score (nSPS) is 17.6. The maximum atomic E-state index is 12.9. The van der Waals surface area contributed by atoms with E-state index < -0.39 is 10.0 Å². The fourth-order valence-electron chi connectivity index (χ4n) is 3.31. The molecule has 0 saturated heterocycles. The van der Waals surface area contributed by atoms with Crippen LogP contribution < -0.4 is 0 Å². The highest BCUT2D eigenvalue weighted by Crippen LogP contribution is 2.31. The van der Waals surface area contributed by atoms with Crippen molar-refractivity contribution in [2.75, 3.05) is 0 Å². The summed E-state index contributed by atoms with van der Waals surface area (Å²) in [7, 11) is -3.57. The lowest BCUT2D eigenvalue weighted by atomic mass is 9.98. The van der Waals surface area contributed by atoms with Gasteiger partial charge in [-0.2, -0.15) is 0 Å². The highest BCUT2D eigenvalue weighted by atomic mass is 32.2. The zero-order chi connectivity index (χ0) is 16.7. The second-order valence-corrected chi connectivity index (χ2v) is 8.17. The van der Waals surface area contributed by atoms with Gasteiger partial charge in [0.15, 0.2) is 0 Å². The van der Waals surface area contributed by atoms with Crippen molar-refractivity contribution in [3.8, 4) is 0 Å². The van der Waals surface area contributed by atoms with Gasteiger partial charge in [-0.1, -0.05) is 35.9 Å². The molecule has 24 heavy (non-hydrogen) atoms. The number of fused-ring (bicyclic) bond motifs is 1. The number of rotatable bonds is 3. The molecule has 0 saturated carbocycles. The smallest absolute Gasteiger partial charge is 0.241 e. The summed E-state index contributed by atoms with van der Waals surface area (Å²) in [4.78, 5) is 0.313. The van der Waals surface area contributed by atoms with Gasteiger partial charge in [0.25, 0.3) is 10.0 Å². The Bertz CT molecular complexity index is 1030. The maximum Gasteiger partial charge on any atom is 0.268 e. The Labute approximate surface area is 142 Å². The lowest BCUT2D eigenvalue weighted by Crippen LogP contribution is -2.11. The Morgan fingerprint density at radius 1 is 1.04 bits per heavy atom. The van der Waals surface area contributed by atoms with E-state index in [-0.39, 0.29) is 0 Å². The first-order valence-corrected chi connectivity index (χ1v) is 9.60. The van der Waals surface area contributed by atoms with Gasteiger partial charge in [0.05, 0.1) is 10.4 Å². The number of allylic oxidation sites excluding steroid dienone is 2. The van der Waals surface area contributed by atoms with E-state index in [4.69, 9.17) is 0 Å². The third-order valence-electron chi connectivity index (χ3n) is 4.70. The first-order chi connectivity index (χ1) is 11.6. The van der Waals surface area contributed by atoms with Crippen molar-refractivity contribution in [3.63, 3.8) is 0 Å². The molecule has 1 unspecified atom stereocenters. The maximum absolute atomic E-state index is 12.9. The summed E-state index contributed by atoms with van der Waals surface area (Å²) < 4.78 is 27.2.